The first-order valence-corrected chi connectivity index (χ1v) is 5.32. The van der Waals surface area contributed by atoms with E-state index in [-0.39, 0.29) is 6.04 Å². The van der Waals surface area contributed by atoms with Crippen LogP contribution in [0.1, 0.15) is 11.7 Å². The van der Waals surface area contributed by atoms with Crippen molar-refractivity contribution in [2.75, 3.05) is 6.61 Å². The Morgan fingerprint density at radius 3 is 2.56 bits per heavy atom. The molecule has 1 aromatic carbocycles. The van der Waals surface area contributed by atoms with Gasteiger partial charge in [-0.1, -0.05) is 18.2 Å². The zero-order valence-corrected chi connectivity index (χ0v) is 9.34. The van der Waals surface area contributed by atoms with Gasteiger partial charge in [0.15, 0.2) is 0 Å². The van der Waals surface area contributed by atoms with Crippen LogP contribution < -0.4 is 10.5 Å². The Kier molecular flexibility index (Phi) is 3.27. The minimum atomic E-state index is -0.0970. The van der Waals surface area contributed by atoms with Gasteiger partial charge in [-0.05, 0) is 24.3 Å². The van der Waals surface area contributed by atoms with Crippen LogP contribution in [-0.4, -0.2) is 11.2 Å². The van der Waals surface area contributed by atoms with Crippen LogP contribution in [0.4, 0.5) is 0 Å². The van der Waals surface area contributed by atoms with E-state index in [9.17, 15) is 0 Å². The second kappa shape index (κ2) is 4.86. The SMILES string of the molecule is Cn1cccc1C(N)COc1ccccc1. The van der Waals surface area contributed by atoms with Gasteiger partial charge in [-0.3, -0.25) is 0 Å². The molecule has 2 N–H and O–H groups in total. The predicted octanol–water partition coefficient (Wildman–Crippen LogP) is 2.10. The zero-order valence-electron chi connectivity index (χ0n) is 9.34. The average Bonchev–Trinajstić information content (AvgIpc) is 2.74. The first-order valence-electron chi connectivity index (χ1n) is 5.32. The molecule has 1 unspecified atom stereocenters. The monoisotopic (exact) mass is 216 g/mol. The van der Waals surface area contributed by atoms with E-state index in [2.05, 4.69) is 0 Å². The van der Waals surface area contributed by atoms with Crippen molar-refractivity contribution in [2.45, 2.75) is 6.04 Å². The molecule has 0 aliphatic rings. The summed E-state index contributed by atoms with van der Waals surface area (Å²) in [5, 5.41) is 0. The van der Waals surface area contributed by atoms with Gasteiger partial charge in [0.2, 0.25) is 0 Å². The molecule has 3 heteroatoms. The second-order valence-electron chi connectivity index (χ2n) is 3.77. The van der Waals surface area contributed by atoms with E-state index >= 15 is 0 Å². The highest BCUT2D eigenvalue weighted by Gasteiger charge is 2.09. The molecule has 0 aliphatic heterocycles. The fourth-order valence-corrected chi connectivity index (χ4v) is 1.65. The maximum absolute atomic E-state index is 6.04. The van der Waals surface area contributed by atoms with Crippen LogP contribution >= 0.6 is 0 Å². The number of hydrogen-bond donors (Lipinski definition) is 1. The molecular weight excluding hydrogens is 200 g/mol. The van der Waals surface area contributed by atoms with Crippen LogP contribution in [-0.2, 0) is 7.05 Å². The fourth-order valence-electron chi connectivity index (χ4n) is 1.65. The van der Waals surface area contributed by atoms with E-state index in [1.54, 1.807) is 0 Å². The normalized spacial score (nSPS) is 12.4. The van der Waals surface area contributed by atoms with E-state index in [1.807, 2.05) is 60.3 Å². The number of ether oxygens (including phenoxy) is 1. The quantitative estimate of drug-likeness (QED) is 0.850. The molecule has 1 heterocycles. The first kappa shape index (κ1) is 10.8. The molecule has 2 aromatic rings. The number of aryl methyl sites for hydroxylation is 1. The van der Waals surface area contributed by atoms with Crippen molar-refractivity contribution < 1.29 is 4.74 Å². The Bertz CT molecular complexity index is 436. The van der Waals surface area contributed by atoms with Gasteiger partial charge in [0.1, 0.15) is 12.4 Å². The lowest BCUT2D eigenvalue weighted by molar-refractivity contribution is 0.286. The molecule has 1 aromatic heterocycles. The minimum Gasteiger partial charge on any atom is -0.492 e. The lowest BCUT2D eigenvalue weighted by Crippen LogP contribution is -2.21. The lowest BCUT2D eigenvalue weighted by Gasteiger charge is -2.14. The summed E-state index contributed by atoms with van der Waals surface area (Å²) in [6.45, 7) is 0.488. The number of benzene rings is 1. The van der Waals surface area contributed by atoms with Crippen molar-refractivity contribution in [3.8, 4) is 5.75 Å². The third-order valence-corrected chi connectivity index (χ3v) is 2.54. The van der Waals surface area contributed by atoms with Crippen LogP contribution in [0, 0.1) is 0 Å². The van der Waals surface area contributed by atoms with Gasteiger partial charge in [0.05, 0.1) is 6.04 Å². The predicted molar refractivity (Wildman–Crippen MR) is 64.3 cm³/mol. The highest BCUT2D eigenvalue weighted by molar-refractivity contribution is 5.21. The van der Waals surface area contributed by atoms with Crippen LogP contribution in [0.25, 0.3) is 0 Å². The van der Waals surface area contributed by atoms with Crippen LogP contribution in [0.3, 0.4) is 0 Å². The Hall–Kier alpha value is -1.74. The number of hydrogen-bond acceptors (Lipinski definition) is 2. The van der Waals surface area contributed by atoms with Gasteiger partial charge < -0.3 is 15.0 Å². The fraction of sp³-hybridized carbons (Fsp3) is 0.231. The van der Waals surface area contributed by atoms with Crippen LogP contribution in [0.15, 0.2) is 48.7 Å². The molecule has 0 saturated heterocycles. The van der Waals surface area contributed by atoms with Crippen molar-refractivity contribution in [3.05, 3.63) is 54.4 Å². The van der Waals surface area contributed by atoms with E-state index in [4.69, 9.17) is 10.5 Å². The average molecular weight is 216 g/mol. The molecule has 0 spiro atoms. The van der Waals surface area contributed by atoms with Crippen molar-refractivity contribution in [2.24, 2.45) is 12.8 Å². The van der Waals surface area contributed by atoms with Crippen molar-refractivity contribution in [1.82, 2.24) is 4.57 Å². The highest BCUT2D eigenvalue weighted by Crippen LogP contribution is 2.14. The Morgan fingerprint density at radius 1 is 1.19 bits per heavy atom. The summed E-state index contributed by atoms with van der Waals surface area (Å²) >= 11 is 0. The Morgan fingerprint density at radius 2 is 1.94 bits per heavy atom. The summed E-state index contributed by atoms with van der Waals surface area (Å²) < 4.78 is 7.62. The van der Waals surface area contributed by atoms with E-state index in [0.29, 0.717) is 6.61 Å². The zero-order chi connectivity index (χ0) is 11.4. The highest BCUT2D eigenvalue weighted by atomic mass is 16.5. The summed E-state index contributed by atoms with van der Waals surface area (Å²) in [5.41, 5.74) is 7.12. The lowest BCUT2D eigenvalue weighted by atomic mass is 10.2. The summed E-state index contributed by atoms with van der Waals surface area (Å²) in [5.74, 6) is 0.854. The van der Waals surface area contributed by atoms with Crippen molar-refractivity contribution >= 4 is 0 Å². The van der Waals surface area contributed by atoms with E-state index < -0.39 is 0 Å². The van der Waals surface area contributed by atoms with Gasteiger partial charge >= 0.3 is 0 Å². The van der Waals surface area contributed by atoms with Crippen molar-refractivity contribution in [3.63, 3.8) is 0 Å². The molecule has 0 saturated carbocycles. The van der Waals surface area contributed by atoms with Crippen molar-refractivity contribution in [1.29, 1.82) is 0 Å². The molecule has 0 amide bonds. The van der Waals surface area contributed by atoms with Gasteiger partial charge in [0, 0.05) is 18.9 Å². The second-order valence-corrected chi connectivity index (χ2v) is 3.77. The third-order valence-electron chi connectivity index (χ3n) is 2.54. The molecule has 0 radical (unpaired) electrons. The largest absolute Gasteiger partial charge is 0.492 e. The minimum absolute atomic E-state index is 0.0970. The molecule has 0 fully saturated rings. The summed E-state index contributed by atoms with van der Waals surface area (Å²) in [6, 6.07) is 13.6. The standard InChI is InChI=1S/C13H16N2O/c1-15-9-5-8-13(15)12(14)10-16-11-6-3-2-4-7-11/h2-9,12H,10,14H2,1H3. The molecule has 2 rings (SSSR count). The summed E-state index contributed by atoms with van der Waals surface area (Å²) in [7, 11) is 1.98. The molecule has 0 bridgehead atoms. The topological polar surface area (TPSA) is 40.2 Å². The van der Waals surface area contributed by atoms with Crippen LogP contribution in [0.5, 0.6) is 5.75 Å². The van der Waals surface area contributed by atoms with Gasteiger partial charge in [0.25, 0.3) is 0 Å². The number of nitrogens with zero attached hydrogens (tertiary/aromatic N) is 1. The van der Waals surface area contributed by atoms with E-state index in [1.165, 1.54) is 0 Å². The molecule has 3 nitrogen and oxygen atoms in total. The third kappa shape index (κ3) is 2.44. The van der Waals surface area contributed by atoms with Gasteiger partial charge in [-0.25, -0.2) is 0 Å². The maximum atomic E-state index is 6.04. The smallest absolute Gasteiger partial charge is 0.119 e. The number of rotatable bonds is 4. The summed E-state index contributed by atoms with van der Waals surface area (Å²) in [6.07, 6.45) is 1.98. The van der Waals surface area contributed by atoms with Gasteiger partial charge in [-0.2, -0.15) is 0 Å². The number of aromatic nitrogens is 1. The molecule has 0 aliphatic carbocycles. The van der Waals surface area contributed by atoms with Crippen LogP contribution in [0.2, 0.25) is 0 Å². The maximum Gasteiger partial charge on any atom is 0.119 e. The van der Waals surface area contributed by atoms with Gasteiger partial charge in [-0.15, -0.1) is 0 Å². The Balaban J connectivity index is 1.94. The Labute approximate surface area is 95.5 Å². The molecular formula is C13H16N2O. The molecule has 1 atom stereocenters. The number of para-hydroxylation sites is 1. The van der Waals surface area contributed by atoms with E-state index in [0.717, 1.165) is 11.4 Å². The summed E-state index contributed by atoms with van der Waals surface area (Å²) in [4.78, 5) is 0. The molecule has 84 valence electrons. The first-order chi connectivity index (χ1) is 7.77. The molecule has 16 heavy (non-hydrogen) atoms. The number of nitrogens with two attached hydrogens (primary N) is 1.